The molecule has 0 spiro atoms. The largest absolute Gasteiger partial charge is 0.497 e. The normalized spacial score (nSPS) is 10.5. The molecular formula is C22H21NO7. The number of hydrogen-bond donors (Lipinski definition) is 1. The molecule has 0 aliphatic rings. The van der Waals surface area contributed by atoms with Gasteiger partial charge in [0.05, 0.1) is 7.11 Å². The SMILES string of the molecule is COc1cccc(CNC(=O)COC(=O)COc2ccc3c(C)cc(=O)oc3c2)c1. The molecule has 0 fully saturated rings. The van der Waals surface area contributed by atoms with Gasteiger partial charge in [-0.3, -0.25) is 4.79 Å². The van der Waals surface area contributed by atoms with Crippen LogP contribution in [0.1, 0.15) is 11.1 Å². The van der Waals surface area contributed by atoms with Crippen LogP contribution in [-0.4, -0.2) is 32.2 Å². The predicted octanol–water partition coefficient (Wildman–Crippen LogP) is 2.35. The van der Waals surface area contributed by atoms with Gasteiger partial charge in [0.2, 0.25) is 0 Å². The van der Waals surface area contributed by atoms with Gasteiger partial charge in [-0.25, -0.2) is 9.59 Å². The van der Waals surface area contributed by atoms with Gasteiger partial charge in [-0.15, -0.1) is 0 Å². The number of ether oxygens (including phenoxy) is 3. The van der Waals surface area contributed by atoms with Gasteiger partial charge in [0.15, 0.2) is 13.2 Å². The van der Waals surface area contributed by atoms with Crippen molar-refractivity contribution in [1.29, 1.82) is 0 Å². The summed E-state index contributed by atoms with van der Waals surface area (Å²) in [5, 5.41) is 3.43. The van der Waals surface area contributed by atoms with E-state index in [-0.39, 0.29) is 13.2 Å². The lowest BCUT2D eigenvalue weighted by Crippen LogP contribution is -2.29. The topological polar surface area (TPSA) is 104 Å². The zero-order chi connectivity index (χ0) is 21.5. The summed E-state index contributed by atoms with van der Waals surface area (Å²) in [7, 11) is 1.56. The number of hydrogen-bond acceptors (Lipinski definition) is 7. The van der Waals surface area contributed by atoms with Crippen LogP contribution >= 0.6 is 0 Å². The second-order valence-electron chi connectivity index (χ2n) is 6.48. The molecule has 1 heterocycles. The van der Waals surface area contributed by atoms with Gasteiger partial charge in [-0.05, 0) is 42.3 Å². The Morgan fingerprint density at radius 2 is 1.87 bits per heavy atom. The van der Waals surface area contributed by atoms with Crippen molar-refractivity contribution >= 4 is 22.8 Å². The van der Waals surface area contributed by atoms with Crippen molar-refractivity contribution in [3.63, 3.8) is 0 Å². The van der Waals surface area contributed by atoms with Gasteiger partial charge >= 0.3 is 11.6 Å². The minimum absolute atomic E-state index is 0.284. The molecule has 0 bridgehead atoms. The van der Waals surface area contributed by atoms with Crippen LogP contribution in [0, 0.1) is 6.92 Å². The third-order valence-electron chi connectivity index (χ3n) is 4.27. The lowest BCUT2D eigenvalue weighted by Gasteiger charge is -2.09. The standard InChI is InChI=1S/C22H21NO7/c1-14-8-21(25)30-19-10-17(6-7-18(14)19)28-13-22(26)29-12-20(24)23-11-15-4-3-5-16(9-15)27-2/h3-10H,11-13H2,1-2H3,(H,23,24). The van der Waals surface area contributed by atoms with E-state index in [4.69, 9.17) is 18.6 Å². The molecule has 0 unspecified atom stereocenters. The molecule has 0 aliphatic heterocycles. The number of nitrogens with one attached hydrogen (secondary N) is 1. The smallest absolute Gasteiger partial charge is 0.344 e. The van der Waals surface area contributed by atoms with E-state index in [9.17, 15) is 14.4 Å². The van der Waals surface area contributed by atoms with E-state index in [1.807, 2.05) is 12.1 Å². The third kappa shape index (κ3) is 5.60. The number of fused-ring (bicyclic) bond motifs is 1. The lowest BCUT2D eigenvalue weighted by atomic mass is 10.1. The summed E-state index contributed by atoms with van der Waals surface area (Å²) in [6.45, 7) is 1.28. The molecule has 1 aromatic heterocycles. The second kappa shape index (κ2) is 9.60. The van der Waals surface area contributed by atoms with Crippen molar-refractivity contribution in [3.8, 4) is 11.5 Å². The van der Waals surface area contributed by atoms with Gasteiger partial charge in [-0.2, -0.15) is 0 Å². The van der Waals surface area contributed by atoms with Crippen LogP contribution in [0.3, 0.4) is 0 Å². The number of methoxy groups -OCH3 is 1. The number of benzene rings is 2. The Bertz CT molecular complexity index is 1120. The highest BCUT2D eigenvalue weighted by Crippen LogP contribution is 2.22. The highest BCUT2D eigenvalue weighted by Gasteiger charge is 2.10. The summed E-state index contributed by atoms with van der Waals surface area (Å²) in [5.41, 5.74) is 1.54. The van der Waals surface area contributed by atoms with E-state index in [2.05, 4.69) is 5.32 Å². The molecule has 0 aliphatic carbocycles. The molecule has 8 nitrogen and oxygen atoms in total. The van der Waals surface area contributed by atoms with E-state index in [1.54, 1.807) is 38.3 Å². The fourth-order valence-electron chi connectivity index (χ4n) is 2.76. The Balaban J connectivity index is 1.45. The number of carbonyl (C=O) groups excluding carboxylic acids is 2. The zero-order valence-corrected chi connectivity index (χ0v) is 16.6. The first-order chi connectivity index (χ1) is 14.4. The van der Waals surface area contributed by atoms with E-state index in [0.29, 0.717) is 17.1 Å². The summed E-state index contributed by atoms with van der Waals surface area (Å²) in [6.07, 6.45) is 0. The van der Waals surface area contributed by atoms with Crippen LogP contribution in [-0.2, 0) is 20.9 Å². The van der Waals surface area contributed by atoms with Crippen LogP contribution in [0.2, 0.25) is 0 Å². The Hall–Kier alpha value is -3.81. The van der Waals surface area contributed by atoms with Gasteiger partial charge in [0.1, 0.15) is 17.1 Å². The molecule has 3 aromatic rings. The number of carbonyl (C=O) groups is 2. The molecule has 156 valence electrons. The Morgan fingerprint density at radius 1 is 1.03 bits per heavy atom. The second-order valence-corrected chi connectivity index (χ2v) is 6.48. The molecular weight excluding hydrogens is 390 g/mol. The van der Waals surface area contributed by atoms with E-state index in [1.165, 1.54) is 12.1 Å². The van der Waals surface area contributed by atoms with Crippen molar-refractivity contribution < 1.29 is 28.2 Å². The van der Waals surface area contributed by atoms with Crippen molar-refractivity contribution in [2.45, 2.75) is 13.5 Å². The third-order valence-corrected chi connectivity index (χ3v) is 4.27. The first-order valence-corrected chi connectivity index (χ1v) is 9.17. The molecule has 0 radical (unpaired) electrons. The van der Waals surface area contributed by atoms with Gasteiger partial charge in [0.25, 0.3) is 5.91 Å². The fraction of sp³-hybridized carbons (Fsp3) is 0.227. The van der Waals surface area contributed by atoms with Gasteiger partial charge in [0, 0.05) is 24.1 Å². The summed E-state index contributed by atoms with van der Waals surface area (Å²) >= 11 is 0. The van der Waals surface area contributed by atoms with Crippen LogP contribution in [0.25, 0.3) is 11.0 Å². The summed E-state index contributed by atoms with van der Waals surface area (Å²) in [4.78, 5) is 35.2. The number of aryl methyl sites for hydroxylation is 1. The molecule has 8 heteroatoms. The maximum Gasteiger partial charge on any atom is 0.344 e. The summed E-state index contributed by atoms with van der Waals surface area (Å²) < 4.78 is 20.5. The molecule has 0 atom stereocenters. The highest BCUT2D eigenvalue weighted by atomic mass is 16.6. The molecule has 1 N–H and O–H groups in total. The van der Waals surface area contributed by atoms with E-state index < -0.39 is 24.1 Å². The lowest BCUT2D eigenvalue weighted by molar-refractivity contribution is -0.150. The molecule has 0 saturated carbocycles. The van der Waals surface area contributed by atoms with Crippen LogP contribution in [0.5, 0.6) is 11.5 Å². The maximum absolute atomic E-state index is 11.9. The minimum atomic E-state index is -0.697. The first-order valence-electron chi connectivity index (χ1n) is 9.17. The number of esters is 1. The summed E-state index contributed by atoms with van der Waals surface area (Å²) in [6, 6.07) is 13.6. The monoisotopic (exact) mass is 411 g/mol. The molecule has 2 aromatic carbocycles. The quantitative estimate of drug-likeness (QED) is 0.448. The van der Waals surface area contributed by atoms with Crippen LogP contribution in [0.4, 0.5) is 0 Å². The molecule has 0 saturated heterocycles. The van der Waals surface area contributed by atoms with Gasteiger partial charge < -0.3 is 23.9 Å². The Labute approximate surface area is 172 Å². The van der Waals surface area contributed by atoms with Crippen molar-refractivity contribution in [2.75, 3.05) is 20.3 Å². The van der Waals surface area contributed by atoms with Gasteiger partial charge in [-0.1, -0.05) is 12.1 Å². The molecule has 30 heavy (non-hydrogen) atoms. The van der Waals surface area contributed by atoms with Crippen molar-refractivity contribution in [1.82, 2.24) is 5.32 Å². The van der Waals surface area contributed by atoms with Crippen LogP contribution < -0.4 is 20.4 Å². The zero-order valence-electron chi connectivity index (χ0n) is 16.6. The molecule has 1 amide bonds. The highest BCUT2D eigenvalue weighted by molar-refractivity contribution is 5.82. The van der Waals surface area contributed by atoms with Crippen molar-refractivity contribution in [2.24, 2.45) is 0 Å². The number of amides is 1. The fourth-order valence-corrected chi connectivity index (χ4v) is 2.76. The Kier molecular flexibility index (Phi) is 6.69. The maximum atomic E-state index is 11.9. The van der Waals surface area contributed by atoms with E-state index >= 15 is 0 Å². The average molecular weight is 411 g/mol. The van der Waals surface area contributed by atoms with E-state index in [0.717, 1.165) is 16.5 Å². The van der Waals surface area contributed by atoms with Crippen LogP contribution in [0.15, 0.2) is 57.7 Å². The summed E-state index contributed by atoms with van der Waals surface area (Å²) in [5.74, 6) is -0.101. The van der Waals surface area contributed by atoms with Crippen molar-refractivity contribution in [3.05, 3.63) is 70.1 Å². The number of rotatable bonds is 8. The predicted molar refractivity (Wildman–Crippen MR) is 109 cm³/mol. The Morgan fingerprint density at radius 3 is 2.67 bits per heavy atom. The minimum Gasteiger partial charge on any atom is -0.497 e. The first kappa shape index (κ1) is 20.9. The molecule has 3 rings (SSSR count). The average Bonchev–Trinajstić information content (AvgIpc) is 2.74.